The average Bonchev–Trinajstić information content (AvgIpc) is 3.49. The second kappa shape index (κ2) is 10.1. The second-order valence-electron chi connectivity index (χ2n) is 9.89. The molecule has 2 unspecified atom stereocenters. The molecule has 0 spiro atoms. The number of likely N-dealkylation sites (N-methyl/N-ethyl adjacent to an activating group) is 1. The van der Waals surface area contributed by atoms with E-state index in [1.165, 1.54) is 5.56 Å². The molecule has 1 saturated heterocycles. The van der Waals surface area contributed by atoms with Gasteiger partial charge in [-0.15, -0.1) is 0 Å². The highest BCUT2D eigenvalue weighted by atomic mass is 16.6. The first-order valence-electron chi connectivity index (χ1n) is 12.2. The Kier molecular flexibility index (Phi) is 7.27. The van der Waals surface area contributed by atoms with Gasteiger partial charge in [0.25, 0.3) is 0 Å². The van der Waals surface area contributed by atoms with E-state index in [9.17, 15) is 9.90 Å². The molecule has 0 amide bonds. The average molecular weight is 438 g/mol. The normalized spacial score (nSPS) is 25.5. The Labute approximate surface area is 192 Å². The lowest BCUT2D eigenvalue weighted by molar-refractivity contribution is -0.921. The van der Waals surface area contributed by atoms with Crippen LogP contribution < -0.4 is 0 Å². The first kappa shape index (κ1) is 22.9. The van der Waals surface area contributed by atoms with Crippen LogP contribution in [0.4, 0.5) is 0 Å². The highest BCUT2D eigenvalue weighted by Gasteiger charge is 2.48. The number of likely N-dealkylation sites (tertiary alicyclic amines) is 1. The first-order chi connectivity index (χ1) is 15.5. The Morgan fingerprint density at radius 2 is 1.81 bits per heavy atom. The van der Waals surface area contributed by atoms with E-state index in [1.807, 2.05) is 42.7 Å². The molecule has 5 nitrogen and oxygen atoms in total. The van der Waals surface area contributed by atoms with Crippen molar-refractivity contribution >= 4 is 5.97 Å². The van der Waals surface area contributed by atoms with Crippen molar-refractivity contribution in [2.75, 3.05) is 26.7 Å². The number of hydrogen-bond acceptors (Lipinski definition) is 4. The minimum atomic E-state index is -1.54. The van der Waals surface area contributed by atoms with Crippen molar-refractivity contribution in [2.45, 2.75) is 63.0 Å². The van der Waals surface area contributed by atoms with E-state index in [1.54, 1.807) is 0 Å². The van der Waals surface area contributed by atoms with Gasteiger partial charge in [0.2, 0.25) is 0 Å². The highest BCUT2D eigenvalue weighted by molar-refractivity contribution is 5.81. The van der Waals surface area contributed by atoms with Crippen LogP contribution in [0.25, 0.3) is 0 Å². The van der Waals surface area contributed by atoms with E-state index in [4.69, 9.17) is 4.74 Å². The number of quaternary nitrogens is 1. The number of rotatable bonds is 9. The number of aryl methyl sites for hydroxylation is 1. The minimum absolute atomic E-state index is 0.0674. The van der Waals surface area contributed by atoms with Crippen molar-refractivity contribution in [3.8, 4) is 0 Å². The van der Waals surface area contributed by atoms with Gasteiger partial charge in [-0.2, -0.15) is 0 Å². The maximum absolute atomic E-state index is 13.3. The molecule has 172 valence electrons. The molecule has 0 radical (unpaired) electrons. The van der Waals surface area contributed by atoms with Crippen LogP contribution >= 0.6 is 0 Å². The second-order valence-corrected chi connectivity index (χ2v) is 9.89. The van der Waals surface area contributed by atoms with E-state index >= 15 is 0 Å². The van der Waals surface area contributed by atoms with Crippen LogP contribution in [0.3, 0.4) is 0 Å². The molecule has 3 atom stereocenters. The van der Waals surface area contributed by atoms with Gasteiger partial charge in [0.15, 0.2) is 5.60 Å². The molecule has 1 aliphatic heterocycles. The van der Waals surface area contributed by atoms with Crippen LogP contribution in [0.1, 0.15) is 56.1 Å². The Hall–Kier alpha value is -2.24. The van der Waals surface area contributed by atoms with Crippen molar-refractivity contribution in [1.82, 2.24) is 4.98 Å². The molecule has 1 saturated carbocycles. The fourth-order valence-electron chi connectivity index (χ4n) is 5.77. The number of nitrogens with zero attached hydrogens (tertiary/aromatic N) is 2. The van der Waals surface area contributed by atoms with Crippen LogP contribution in [0, 0.1) is 5.92 Å². The van der Waals surface area contributed by atoms with Crippen LogP contribution in [0.5, 0.6) is 0 Å². The molecule has 5 heteroatoms. The fourth-order valence-corrected chi connectivity index (χ4v) is 5.77. The fraction of sp³-hybridized carbons (Fsp3) is 0.556. The lowest BCUT2D eigenvalue weighted by Crippen LogP contribution is -2.52. The molecule has 1 aliphatic carbocycles. The number of hydrogen-bond donors (Lipinski definition) is 1. The number of carbonyl (C=O) groups is 1. The number of aliphatic hydroxyl groups is 1. The molecule has 2 aliphatic rings. The Morgan fingerprint density at radius 1 is 1.09 bits per heavy atom. The summed E-state index contributed by atoms with van der Waals surface area (Å²) in [5.74, 6) is -0.534. The molecule has 0 bridgehead atoms. The van der Waals surface area contributed by atoms with E-state index in [0.29, 0.717) is 18.2 Å². The van der Waals surface area contributed by atoms with E-state index < -0.39 is 11.6 Å². The Morgan fingerprint density at radius 3 is 2.53 bits per heavy atom. The largest absolute Gasteiger partial charge is 0.457 e. The molecule has 32 heavy (non-hydrogen) atoms. The highest BCUT2D eigenvalue weighted by Crippen LogP contribution is 2.41. The van der Waals surface area contributed by atoms with Gasteiger partial charge in [0.1, 0.15) is 12.6 Å². The third kappa shape index (κ3) is 4.89. The van der Waals surface area contributed by atoms with E-state index in [0.717, 1.165) is 68.9 Å². The maximum Gasteiger partial charge on any atom is 0.343 e. The van der Waals surface area contributed by atoms with Crippen LogP contribution in [0.15, 0.2) is 54.9 Å². The lowest BCUT2D eigenvalue weighted by Gasteiger charge is -2.37. The standard InChI is InChI=1S/C27H37N2O3/c1-29(19-7-9-22-15-17-28-18-16-22)20-8-14-25(29)21-32-26(30)27(31,24-12-5-6-13-24)23-10-3-2-4-11-23/h2-4,10-11,15-18,24-25,31H,5-9,12-14,19-21H2,1H3/q+1/t25-,27?,29?/m1/s1. The number of carbonyl (C=O) groups excluding carboxylic acids is 1. The lowest BCUT2D eigenvalue weighted by atomic mass is 9.80. The Balaban J connectivity index is 1.38. The summed E-state index contributed by atoms with van der Waals surface area (Å²) in [5, 5.41) is 11.6. The number of benzene rings is 1. The minimum Gasteiger partial charge on any atom is -0.457 e. The summed E-state index contributed by atoms with van der Waals surface area (Å²) in [6.45, 7) is 2.56. The van der Waals surface area contributed by atoms with Gasteiger partial charge >= 0.3 is 5.97 Å². The molecule has 1 aromatic carbocycles. The number of aromatic nitrogens is 1. The number of ether oxygens (including phenoxy) is 1. The van der Waals surface area contributed by atoms with Gasteiger partial charge in [-0.1, -0.05) is 43.2 Å². The summed E-state index contributed by atoms with van der Waals surface area (Å²) in [7, 11) is 2.29. The van der Waals surface area contributed by atoms with Crippen LogP contribution in [-0.2, 0) is 21.6 Å². The molecule has 1 N–H and O–H groups in total. The van der Waals surface area contributed by atoms with Crippen molar-refractivity contribution in [3.05, 3.63) is 66.0 Å². The zero-order valence-corrected chi connectivity index (χ0v) is 19.3. The summed E-state index contributed by atoms with van der Waals surface area (Å²) in [6.07, 6.45) is 11.9. The maximum atomic E-state index is 13.3. The summed E-state index contributed by atoms with van der Waals surface area (Å²) in [4.78, 5) is 17.4. The number of pyridine rings is 1. The first-order valence-corrected chi connectivity index (χ1v) is 12.2. The number of esters is 1. The molecule has 4 rings (SSSR count). The topological polar surface area (TPSA) is 59.4 Å². The van der Waals surface area contributed by atoms with Crippen LogP contribution in [0.2, 0.25) is 0 Å². The molecule has 1 aromatic heterocycles. The van der Waals surface area contributed by atoms with Gasteiger partial charge in [0, 0.05) is 37.6 Å². The van der Waals surface area contributed by atoms with Gasteiger partial charge in [-0.3, -0.25) is 4.98 Å². The van der Waals surface area contributed by atoms with E-state index in [-0.39, 0.29) is 5.92 Å². The van der Waals surface area contributed by atoms with Gasteiger partial charge in [-0.25, -0.2) is 4.79 Å². The summed E-state index contributed by atoms with van der Waals surface area (Å²) >= 11 is 0. The molecule has 2 aromatic rings. The van der Waals surface area contributed by atoms with Crippen molar-refractivity contribution < 1.29 is 19.1 Å². The predicted octanol–water partition coefficient (Wildman–Crippen LogP) is 4.24. The van der Waals surface area contributed by atoms with Gasteiger partial charge in [0.05, 0.1) is 20.1 Å². The quantitative estimate of drug-likeness (QED) is 0.471. The Bertz CT molecular complexity index is 869. The molecule has 2 fully saturated rings. The van der Waals surface area contributed by atoms with E-state index in [2.05, 4.69) is 24.2 Å². The van der Waals surface area contributed by atoms with Crippen molar-refractivity contribution in [3.63, 3.8) is 0 Å². The van der Waals surface area contributed by atoms with Crippen molar-refractivity contribution in [1.29, 1.82) is 0 Å². The summed E-state index contributed by atoms with van der Waals surface area (Å²) in [5.41, 5.74) is 0.442. The third-order valence-electron chi connectivity index (χ3n) is 7.85. The monoisotopic (exact) mass is 437 g/mol. The van der Waals surface area contributed by atoms with Gasteiger partial charge in [-0.05, 0) is 42.5 Å². The zero-order valence-electron chi connectivity index (χ0n) is 19.3. The van der Waals surface area contributed by atoms with Crippen LogP contribution in [-0.4, -0.2) is 53.3 Å². The zero-order chi connectivity index (χ0) is 22.4. The molecule has 2 heterocycles. The molecular weight excluding hydrogens is 400 g/mol. The smallest absolute Gasteiger partial charge is 0.343 e. The predicted molar refractivity (Wildman–Crippen MR) is 125 cm³/mol. The molecular formula is C27H37N2O3+. The summed E-state index contributed by atoms with van der Waals surface area (Å²) < 4.78 is 6.84. The van der Waals surface area contributed by atoms with Gasteiger partial charge < -0.3 is 14.3 Å². The SMILES string of the molecule is C[N+]1(CCCc2ccncc2)CCC[C@@H]1COC(=O)C(O)(c1ccccc1)C1CCCC1. The van der Waals surface area contributed by atoms with Crippen molar-refractivity contribution in [2.24, 2.45) is 5.92 Å². The summed E-state index contributed by atoms with van der Waals surface area (Å²) in [6, 6.07) is 13.8. The third-order valence-corrected chi connectivity index (χ3v) is 7.85.